The Morgan fingerprint density at radius 1 is 1.32 bits per heavy atom. The molecule has 3 nitrogen and oxygen atoms in total. The minimum absolute atomic E-state index is 0.00225. The molecule has 6 heteroatoms. The van der Waals surface area contributed by atoms with Crippen LogP contribution < -0.4 is 5.32 Å². The zero-order chi connectivity index (χ0) is 17.8. The maximum atomic E-state index is 14.0. The third-order valence-corrected chi connectivity index (χ3v) is 5.26. The zero-order valence-electron chi connectivity index (χ0n) is 13.6. The van der Waals surface area contributed by atoms with Crippen molar-refractivity contribution in [3.8, 4) is 0 Å². The largest absolute Gasteiger partial charge is 0.326 e. The minimum atomic E-state index is -0.298. The van der Waals surface area contributed by atoms with Gasteiger partial charge in [-0.1, -0.05) is 39.7 Å². The van der Waals surface area contributed by atoms with E-state index in [0.29, 0.717) is 23.7 Å². The third kappa shape index (κ3) is 4.81. The molecule has 0 bridgehead atoms. The molecule has 132 valence electrons. The van der Waals surface area contributed by atoms with Crippen LogP contribution in [-0.2, 0) is 11.3 Å². The number of nitrogens with one attached hydrogen (secondary N) is 1. The second-order valence-electron chi connectivity index (χ2n) is 6.27. The van der Waals surface area contributed by atoms with Crippen LogP contribution in [0.3, 0.4) is 0 Å². The highest BCUT2D eigenvalue weighted by Gasteiger charge is 2.26. The predicted molar refractivity (Wildman–Crippen MR) is 102 cm³/mol. The van der Waals surface area contributed by atoms with E-state index in [-0.39, 0.29) is 17.6 Å². The first-order valence-corrected chi connectivity index (χ1v) is 9.41. The van der Waals surface area contributed by atoms with Gasteiger partial charge >= 0.3 is 0 Å². The summed E-state index contributed by atoms with van der Waals surface area (Å²) in [6, 6.07) is 12.2. The number of likely N-dealkylation sites (tertiary alicyclic amines) is 1. The normalized spacial score (nSPS) is 18.1. The first kappa shape index (κ1) is 18.4. The summed E-state index contributed by atoms with van der Waals surface area (Å²) in [5.74, 6) is -0.408. The van der Waals surface area contributed by atoms with Crippen LogP contribution in [-0.4, -0.2) is 23.9 Å². The Balaban J connectivity index is 1.63. The van der Waals surface area contributed by atoms with Crippen LogP contribution >= 0.6 is 27.5 Å². The van der Waals surface area contributed by atoms with Crippen molar-refractivity contribution in [2.45, 2.75) is 19.4 Å². The third-order valence-electron chi connectivity index (χ3n) is 4.41. The van der Waals surface area contributed by atoms with E-state index in [1.165, 1.54) is 6.07 Å². The lowest BCUT2D eigenvalue weighted by Crippen LogP contribution is -2.40. The predicted octanol–water partition coefficient (Wildman–Crippen LogP) is 5.09. The van der Waals surface area contributed by atoms with Crippen LogP contribution in [0.15, 0.2) is 46.9 Å². The van der Waals surface area contributed by atoms with E-state index >= 15 is 0 Å². The van der Waals surface area contributed by atoms with Gasteiger partial charge in [-0.3, -0.25) is 9.69 Å². The van der Waals surface area contributed by atoms with Gasteiger partial charge in [0.1, 0.15) is 5.82 Å². The van der Waals surface area contributed by atoms with E-state index in [4.69, 9.17) is 11.6 Å². The Hall–Kier alpha value is -1.43. The Kier molecular flexibility index (Phi) is 6.10. The van der Waals surface area contributed by atoms with Gasteiger partial charge in [-0.2, -0.15) is 0 Å². The molecule has 3 rings (SSSR count). The van der Waals surface area contributed by atoms with Crippen LogP contribution in [0.25, 0.3) is 0 Å². The van der Waals surface area contributed by atoms with Crippen LogP contribution in [0.1, 0.15) is 18.4 Å². The van der Waals surface area contributed by atoms with Gasteiger partial charge in [-0.15, -0.1) is 0 Å². The molecule has 1 aliphatic rings. The number of piperidine rings is 1. The lowest BCUT2D eigenvalue weighted by atomic mass is 9.96. The first-order chi connectivity index (χ1) is 12.0. The molecule has 0 aromatic heterocycles. The summed E-state index contributed by atoms with van der Waals surface area (Å²) < 4.78 is 14.9. The number of rotatable bonds is 4. The molecule has 1 unspecified atom stereocenters. The summed E-state index contributed by atoms with van der Waals surface area (Å²) in [4.78, 5) is 14.7. The second-order valence-corrected chi connectivity index (χ2v) is 7.60. The summed E-state index contributed by atoms with van der Waals surface area (Å²) >= 11 is 9.52. The molecular weight excluding hydrogens is 407 g/mol. The number of amides is 1. The van der Waals surface area contributed by atoms with Gasteiger partial charge in [-0.05, 0) is 49.7 Å². The number of halogens is 3. The number of hydrogen-bond donors (Lipinski definition) is 1. The highest BCUT2D eigenvalue weighted by Crippen LogP contribution is 2.25. The fourth-order valence-corrected chi connectivity index (χ4v) is 3.75. The molecule has 1 amide bonds. The summed E-state index contributed by atoms with van der Waals surface area (Å²) in [7, 11) is 0. The van der Waals surface area contributed by atoms with Gasteiger partial charge in [0.25, 0.3) is 0 Å². The van der Waals surface area contributed by atoms with Crippen LogP contribution in [0.5, 0.6) is 0 Å². The summed E-state index contributed by atoms with van der Waals surface area (Å²) in [6.07, 6.45) is 1.74. The topological polar surface area (TPSA) is 32.3 Å². The van der Waals surface area contributed by atoms with Gasteiger partial charge in [0.05, 0.1) is 5.92 Å². The number of carbonyl (C=O) groups excluding carboxylic acids is 1. The van der Waals surface area contributed by atoms with Crippen molar-refractivity contribution in [1.29, 1.82) is 0 Å². The highest BCUT2D eigenvalue weighted by molar-refractivity contribution is 9.10. The van der Waals surface area contributed by atoms with E-state index in [9.17, 15) is 9.18 Å². The Labute approximate surface area is 160 Å². The molecule has 1 heterocycles. The molecule has 1 aliphatic heterocycles. The molecule has 1 saturated heterocycles. The van der Waals surface area contributed by atoms with Gasteiger partial charge < -0.3 is 5.32 Å². The summed E-state index contributed by atoms with van der Waals surface area (Å²) in [5.41, 5.74) is 1.27. The molecule has 0 spiro atoms. The molecule has 1 N–H and O–H groups in total. The number of nitrogens with zero attached hydrogens (tertiary/aromatic N) is 1. The maximum Gasteiger partial charge on any atom is 0.228 e. The smallest absolute Gasteiger partial charge is 0.228 e. The van der Waals surface area contributed by atoms with Crippen molar-refractivity contribution in [1.82, 2.24) is 4.90 Å². The average Bonchev–Trinajstić information content (AvgIpc) is 2.58. The van der Waals surface area contributed by atoms with Crippen molar-refractivity contribution in [2.75, 3.05) is 18.4 Å². The van der Waals surface area contributed by atoms with Gasteiger partial charge in [-0.25, -0.2) is 4.39 Å². The molecule has 0 aliphatic carbocycles. The monoisotopic (exact) mass is 424 g/mol. The number of anilines is 1. The summed E-state index contributed by atoms with van der Waals surface area (Å²) in [5, 5.41) is 3.40. The number of hydrogen-bond acceptors (Lipinski definition) is 2. The second kappa shape index (κ2) is 8.30. The molecule has 1 atom stereocenters. The van der Waals surface area contributed by atoms with Gasteiger partial charge in [0.15, 0.2) is 0 Å². The van der Waals surface area contributed by atoms with Crippen molar-refractivity contribution >= 4 is 39.1 Å². The Morgan fingerprint density at radius 2 is 2.12 bits per heavy atom. The average molecular weight is 426 g/mol. The lowest BCUT2D eigenvalue weighted by molar-refractivity contribution is -0.121. The van der Waals surface area contributed by atoms with Crippen LogP contribution in [0.2, 0.25) is 5.02 Å². The van der Waals surface area contributed by atoms with E-state index in [0.717, 1.165) is 29.5 Å². The highest BCUT2D eigenvalue weighted by atomic mass is 79.9. The van der Waals surface area contributed by atoms with Crippen LogP contribution in [0.4, 0.5) is 10.1 Å². The standard InChI is InChI=1S/C19H19BrClFN2O/c20-14-5-1-6-15(10-14)23-19(25)13-4-3-9-24(11-13)12-16-17(21)7-2-8-18(16)22/h1-2,5-8,10,13H,3-4,9,11-12H2,(H,23,25). The van der Waals surface area contributed by atoms with E-state index in [1.54, 1.807) is 12.1 Å². The Morgan fingerprint density at radius 3 is 2.88 bits per heavy atom. The lowest BCUT2D eigenvalue weighted by Gasteiger charge is -2.32. The molecule has 2 aromatic carbocycles. The van der Waals surface area contributed by atoms with E-state index < -0.39 is 0 Å². The minimum Gasteiger partial charge on any atom is -0.326 e. The van der Waals surface area contributed by atoms with Crippen molar-refractivity contribution < 1.29 is 9.18 Å². The number of benzene rings is 2. The van der Waals surface area contributed by atoms with Crippen molar-refractivity contribution in [2.24, 2.45) is 5.92 Å². The SMILES string of the molecule is O=C(Nc1cccc(Br)c1)C1CCCN(Cc2c(F)cccc2Cl)C1. The first-order valence-electron chi connectivity index (χ1n) is 8.24. The fourth-order valence-electron chi connectivity index (χ4n) is 3.13. The van der Waals surface area contributed by atoms with Crippen molar-refractivity contribution in [3.05, 3.63) is 63.3 Å². The molecule has 0 radical (unpaired) electrons. The zero-order valence-corrected chi connectivity index (χ0v) is 16.0. The molecule has 0 saturated carbocycles. The maximum absolute atomic E-state index is 14.0. The fraction of sp³-hybridized carbons (Fsp3) is 0.316. The molecule has 2 aromatic rings. The molecule has 1 fully saturated rings. The molecular formula is C19H19BrClFN2O. The Bertz CT molecular complexity index is 751. The van der Waals surface area contributed by atoms with Crippen molar-refractivity contribution in [3.63, 3.8) is 0 Å². The summed E-state index contributed by atoms with van der Waals surface area (Å²) in [6.45, 7) is 1.86. The van der Waals surface area contributed by atoms with E-state index in [2.05, 4.69) is 26.1 Å². The van der Waals surface area contributed by atoms with Crippen LogP contribution in [0, 0.1) is 11.7 Å². The van der Waals surface area contributed by atoms with Gasteiger partial charge in [0, 0.05) is 33.8 Å². The van der Waals surface area contributed by atoms with E-state index in [1.807, 2.05) is 24.3 Å². The van der Waals surface area contributed by atoms with Gasteiger partial charge in [0.2, 0.25) is 5.91 Å². The number of carbonyl (C=O) groups is 1. The molecule has 25 heavy (non-hydrogen) atoms. The quantitative estimate of drug-likeness (QED) is 0.740.